The van der Waals surface area contributed by atoms with Crippen LogP contribution in [0.5, 0.6) is 0 Å². The molecular formula is C47H34N2S3. The zero-order valence-corrected chi connectivity index (χ0v) is 30.7. The highest BCUT2D eigenvalue weighted by molar-refractivity contribution is 8.00. The molecule has 0 spiro atoms. The summed E-state index contributed by atoms with van der Waals surface area (Å²) in [6, 6.07) is 49.4. The third-order valence-electron chi connectivity index (χ3n) is 11.0. The molecule has 2 nitrogen and oxygen atoms in total. The van der Waals surface area contributed by atoms with E-state index >= 15 is 0 Å². The Morgan fingerprint density at radius 1 is 0.615 bits per heavy atom. The third-order valence-corrected chi connectivity index (χ3v) is 14.8. The highest BCUT2D eigenvalue weighted by atomic mass is 32.2. The summed E-state index contributed by atoms with van der Waals surface area (Å²) in [5.41, 5.74) is 9.18. The summed E-state index contributed by atoms with van der Waals surface area (Å²) in [5.74, 6) is 0.356. The fourth-order valence-corrected chi connectivity index (χ4v) is 12.3. The third kappa shape index (κ3) is 5.02. The number of hydrogen-bond donors (Lipinski definition) is 2. The van der Waals surface area contributed by atoms with Gasteiger partial charge in [-0.2, -0.15) is 0 Å². The van der Waals surface area contributed by atoms with Gasteiger partial charge in [0.05, 0.1) is 0 Å². The van der Waals surface area contributed by atoms with Gasteiger partial charge in [0.2, 0.25) is 0 Å². The largest absolute Gasteiger partial charge is 0.366 e. The summed E-state index contributed by atoms with van der Waals surface area (Å²) in [6.07, 6.45) is 10.6. The predicted molar refractivity (Wildman–Crippen MR) is 225 cm³/mol. The van der Waals surface area contributed by atoms with Gasteiger partial charge >= 0.3 is 0 Å². The van der Waals surface area contributed by atoms with E-state index in [1.54, 1.807) is 0 Å². The first-order valence-electron chi connectivity index (χ1n) is 18.0. The molecule has 1 aliphatic carbocycles. The van der Waals surface area contributed by atoms with Crippen LogP contribution in [0.3, 0.4) is 0 Å². The Bertz CT molecular complexity index is 2790. The molecule has 0 saturated heterocycles. The van der Waals surface area contributed by atoms with Crippen molar-refractivity contribution in [3.05, 3.63) is 186 Å². The maximum Gasteiger partial charge on any atom is 0.105 e. The second-order valence-corrected chi connectivity index (χ2v) is 17.3. The molecular weight excluding hydrogens is 689 g/mol. The minimum atomic E-state index is -0.0460. The molecule has 2 N–H and O–H groups in total. The van der Waals surface area contributed by atoms with Crippen molar-refractivity contribution in [2.75, 3.05) is 0 Å². The summed E-state index contributed by atoms with van der Waals surface area (Å²) in [4.78, 5) is 1.40. The van der Waals surface area contributed by atoms with Crippen molar-refractivity contribution in [1.29, 1.82) is 0 Å². The van der Waals surface area contributed by atoms with Gasteiger partial charge in [-0.3, -0.25) is 5.32 Å². The molecule has 0 fully saturated rings. The smallest absolute Gasteiger partial charge is 0.105 e. The molecule has 52 heavy (non-hydrogen) atoms. The van der Waals surface area contributed by atoms with E-state index in [2.05, 4.69) is 168 Å². The maximum absolute atomic E-state index is 4.05. The Labute approximate surface area is 315 Å². The number of nitrogens with one attached hydrogen (secondary N) is 2. The molecule has 0 radical (unpaired) electrons. The first kappa shape index (κ1) is 30.7. The number of fused-ring (bicyclic) bond motifs is 9. The molecule has 0 amide bonds. The molecule has 0 saturated carbocycles. The number of thioether (sulfide) groups is 1. The normalized spacial score (nSPS) is 21.2. The summed E-state index contributed by atoms with van der Waals surface area (Å²) in [7, 11) is 0. The van der Waals surface area contributed by atoms with Crippen LogP contribution >= 0.6 is 34.4 Å². The SMILES string of the molecule is C1=CC2c3cc(-c4cccc5c4sc4ccccc45)ccc3SC2C=C1C1=CCC(c2ccccc2)NC(c2cccc3c2sc2ccccc23)N1. The molecule has 4 heterocycles. The fraction of sp³-hybridized carbons (Fsp3) is 0.106. The second-order valence-electron chi connectivity index (χ2n) is 14.0. The molecule has 250 valence electrons. The molecule has 4 atom stereocenters. The monoisotopic (exact) mass is 722 g/mol. The number of hydrogen-bond acceptors (Lipinski definition) is 5. The minimum absolute atomic E-state index is 0.0460. The van der Waals surface area contributed by atoms with E-state index in [0.717, 1.165) is 6.42 Å². The van der Waals surface area contributed by atoms with Gasteiger partial charge in [-0.15, -0.1) is 34.4 Å². The lowest BCUT2D eigenvalue weighted by atomic mass is 9.87. The van der Waals surface area contributed by atoms with Crippen molar-refractivity contribution in [3.63, 3.8) is 0 Å². The van der Waals surface area contributed by atoms with E-state index in [1.165, 1.54) is 84.3 Å². The average Bonchev–Trinajstić information content (AvgIpc) is 3.83. The summed E-state index contributed by atoms with van der Waals surface area (Å²) < 4.78 is 5.41. The summed E-state index contributed by atoms with van der Waals surface area (Å²) in [5, 5.41) is 13.8. The fourth-order valence-electron chi connectivity index (χ4n) is 8.47. The van der Waals surface area contributed by atoms with Crippen LogP contribution in [0.4, 0.5) is 0 Å². The lowest BCUT2D eigenvalue weighted by Crippen LogP contribution is -2.34. The predicted octanol–water partition coefficient (Wildman–Crippen LogP) is 13.1. The van der Waals surface area contributed by atoms with E-state index in [4.69, 9.17) is 0 Å². The van der Waals surface area contributed by atoms with Crippen LogP contribution in [-0.4, -0.2) is 5.25 Å². The molecule has 4 unspecified atom stereocenters. The Balaban J connectivity index is 0.939. The molecule has 2 aliphatic heterocycles. The van der Waals surface area contributed by atoms with Crippen LogP contribution < -0.4 is 10.6 Å². The quantitative estimate of drug-likeness (QED) is 0.189. The van der Waals surface area contributed by atoms with Crippen molar-refractivity contribution < 1.29 is 0 Å². The van der Waals surface area contributed by atoms with E-state index < -0.39 is 0 Å². The Hall–Kier alpha value is -4.91. The number of benzene rings is 6. The lowest BCUT2D eigenvalue weighted by Gasteiger charge is -2.27. The topological polar surface area (TPSA) is 24.1 Å². The van der Waals surface area contributed by atoms with Gasteiger partial charge < -0.3 is 5.32 Å². The standard InChI is InChI=1S/C47H34N2S3/c1-2-10-28(11-3-1)39-23-24-40(49-47(48-39)37-17-9-16-36-33-13-5-7-19-42(33)52-46(36)37)30-20-22-34-38-26-29(21-25-43(38)50-44(34)27-30)31-14-8-15-35-32-12-4-6-18-41(32)51-45(31)35/h1-22,24-27,34,39,44,47-49H,23H2. The molecule has 2 aromatic heterocycles. The first-order valence-corrected chi connectivity index (χ1v) is 20.6. The molecule has 0 bridgehead atoms. The van der Waals surface area contributed by atoms with Crippen LogP contribution in [0.1, 0.15) is 41.2 Å². The van der Waals surface area contributed by atoms with Crippen LogP contribution in [0.2, 0.25) is 0 Å². The second kappa shape index (κ2) is 12.4. The number of thiophene rings is 2. The van der Waals surface area contributed by atoms with E-state index in [0.29, 0.717) is 11.2 Å². The molecule has 11 rings (SSSR count). The van der Waals surface area contributed by atoms with Crippen molar-refractivity contribution in [1.82, 2.24) is 10.6 Å². The summed E-state index contributed by atoms with van der Waals surface area (Å²) in [6.45, 7) is 0. The van der Waals surface area contributed by atoms with E-state index in [1.807, 2.05) is 34.4 Å². The van der Waals surface area contributed by atoms with Gasteiger partial charge in [0, 0.05) is 73.7 Å². The zero-order chi connectivity index (χ0) is 34.2. The lowest BCUT2D eigenvalue weighted by molar-refractivity contribution is 0.428. The van der Waals surface area contributed by atoms with Crippen LogP contribution in [-0.2, 0) is 0 Å². The Morgan fingerprint density at radius 2 is 1.33 bits per heavy atom. The highest BCUT2D eigenvalue weighted by Crippen LogP contribution is 2.51. The average molecular weight is 723 g/mol. The van der Waals surface area contributed by atoms with Crippen LogP contribution in [0.25, 0.3) is 51.5 Å². The molecule has 8 aromatic rings. The first-order chi connectivity index (χ1) is 25.7. The van der Waals surface area contributed by atoms with Gasteiger partial charge in [-0.1, -0.05) is 133 Å². The van der Waals surface area contributed by atoms with Crippen molar-refractivity contribution in [3.8, 4) is 11.1 Å². The highest BCUT2D eigenvalue weighted by Gasteiger charge is 2.34. The molecule has 6 aromatic carbocycles. The van der Waals surface area contributed by atoms with Crippen LogP contribution in [0, 0.1) is 0 Å². The number of allylic oxidation sites excluding steroid dienone is 2. The van der Waals surface area contributed by atoms with Gasteiger partial charge in [0.25, 0.3) is 0 Å². The molecule has 3 aliphatic rings. The minimum Gasteiger partial charge on any atom is -0.366 e. The van der Waals surface area contributed by atoms with Crippen molar-refractivity contribution in [2.45, 2.75) is 34.7 Å². The van der Waals surface area contributed by atoms with Crippen molar-refractivity contribution >= 4 is 74.8 Å². The Kier molecular flexibility index (Phi) is 7.29. The van der Waals surface area contributed by atoms with E-state index in [9.17, 15) is 0 Å². The van der Waals surface area contributed by atoms with Gasteiger partial charge in [0.15, 0.2) is 0 Å². The van der Waals surface area contributed by atoms with E-state index in [-0.39, 0.29) is 12.2 Å². The van der Waals surface area contributed by atoms with Crippen molar-refractivity contribution in [2.24, 2.45) is 0 Å². The Morgan fingerprint density at radius 3 is 2.15 bits per heavy atom. The summed E-state index contributed by atoms with van der Waals surface area (Å²) >= 11 is 5.82. The van der Waals surface area contributed by atoms with Gasteiger partial charge in [-0.25, -0.2) is 0 Å². The van der Waals surface area contributed by atoms with Gasteiger partial charge in [0.1, 0.15) is 6.17 Å². The maximum atomic E-state index is 4.05. The van der Waals surface area contributed by atoms with Crippen LogP contribution in [0.15, 0.2) is 174 Å². The zero-order valence-electron chi connectivity index (χ0n) is 28.3. The number of rotatable bonds is 4. The van der Waals surface area contributed by atoms with Gasteiger partial charge in [-0.05, 0) is 58.5 Å². The molecule has 5 heteroatoms.